The zero-order chi connectivity index (χ0) is 15.1. The van der Waals surface area contributed by atoms with Crippen LogP contribution in [0.4, 0.5) is 0 Å². The monoisotopic (exact) mass is 304 g/mol. The van der Waals surface area contributed by atoms with E-state index < -0.39 is 0 Å². The summed E-state index contributed by atoms with van der Waals surface area (Å²) in [5.74, 6) is 0. The highest BCUT2D eigenvalue weighted by molar-refractivity contribution is 6.30. The standard InChI is InChI=1S/C17H21ClN2O/c1-14-4-6-15(7-5-14)8-10-20(11-12-21)13-16-3-2-9-19-17(16)18/h2-7,9,21H,8,10-13H2,1H3. The first-order valence-electron chi connectivity index (χ1n) is 7.17. The number of aliphatic hydroxyl groups excluding tert-OH is 1. The molecule has 0 saturated heterocycles. The molecule has 1 N–H and O–H groups in total. The smallest absolute Gasteiger partial charge is 0.133 e. The summed E-state index contributed by atoms with van der Waals surface area (Å²) in [4.78, 5) is 6.29. The third-order valence-corrected chi connectivity index (χ3v) is 3.82. The van der Waals surface area contributed by atoms with Crippen LogP contribution in [0.1, 0.15) is 16.7 Å². The summed E-state index contributed by atoms with van der Waals surface area (Å²) in [6.45, 7) is 4.46. The van der Waals surface area contributed by atoms with Gasteiger partial charge in [-0.1, -0.05) is 47.5 Å². The van der Waals surface area contributed by atoms with Gasteiger partial charge in [0.1, 0.15) is 5.15 Å². The van der Waals surface area contributed by atoms with Crippen LogP contribution in [0.3, 0.4) is 0 Å². The molecule has 2 aromatic rings. The van der Waals surface area contributed by atoms with Crippen LogP contribution in [0.15, 0.2) is 42.6 Å². The van der Waals surface area contributed by atoms with E-state index in [1.54, 1.807) is 6.20 Å². The van der Waals surface area contributed by atoms with Crippen molar-refractivity contribution < 1.29 is 5.11 Å². The third-order valence-electron chi connectivity index (χ3n) is 3.48. The van der Waals surface area contributed by atoms with Gasteiger partial charge in [0.15, 0.2) is 0 Å². The van der Waals surface area contributed by atoms with E-state index in [-0.39, 0.29) is 6.61 Å². The van der Waals surface area contributed by atoms with E-state index in [2.05, 4.69) is 41.1 Å². The lowest BCUT2D eigenvalue weighted by Gasteiger charge is -2.21. The lowest BCUT2D eigenvalue weighted by atomic mass is 10.1. The maximum atomic E-state index is 9.23. The van der Waals surface area contributed by atoms with E-state index in [1.807, 2.05) is 12.1 Å². The van der Waals surface area contributed by atoms with Crippen LogP contribution >= 0.6 is 11.6 Å². The van der Waals surface area contributed by atoms with Gasteiger partial charge >= 0.3 is 0 Å². The number of halogens is 1. The minimum absolute atomic E-state index is 0.145. The summed E-state index contributed by atoms with van der Waals surface area (Å²) in [5.41, 5.74) is 3.57. The summed E-state index contributed by atoms with van der Waals surface area (Å²) in [6.07, 6.45) is 2.65. The SMILES string of the molecule is Cc1ccc(CCN(CCO)Cc2cccnc2Cl)cc1. The predicted molar refractivity (Wildman–Crippen MR) is 86.5 cm³/mol. The first kappa shape index (κ1) is 16.0. The van der Waals surface area contributed by atoms with E-state index in [4.69, 9.17) is 11.6 Å². The second-order valence-corrected chi connectivity index (χ2v) is 5.55. The molecule has 0 fully saturated rings. The molecule has 1 heterocycles. The molecule has 2 rings (SSSR count). The zero-order valence-electron chi connectivity index (χ0n) is 12.3. The molecule has 0 saturated carbocycles. The number of aryl methyl sites for hydroxylation is 1. The fraction of sp³-hybridized carbons (Fsp3) is 0.353. The first-order valence-corrected chi connectivity index (χ1v) is 7.55. The molecule has 0 unspecified atom stereocenters. The minimum Gasteiger partial charge on any atom is -0.395 e. The Labute approximate surface area is 131 Å². The van der Waals surface area contributed by atoms with Gasteiger partial charge in [0.2, 0.25) is 0 Å². The molecule has 1 aromatic carbocycles. The molecule has 0 radical (unpaired) electrons. The number of rotatable bonds is 7. The Morgan fingerprint density at radius 2 is 1.90 bits per heavy atom. The summed E-state index contributed by atoms with van der Waals surface area (Å²) < 4.78 is 0. The minimum atomic E-state index is 0.145. The van der Waals surface area contributed by atoms with Gasteiger partial charge in [-0.3, -0.25) is 4.90 Å². The molecule has 0 atom stereocenters. The average Bonchev–Trinajstić information content (AvgIpc) is 2.49. The first-order chi connectivity index (χ1) is 10.2. The topological polar surface area (TPSA) is 36.4 Å². The van der Waals surface area contributed by atoms with Crippen molar-refractivity contribution >= 4 is 11.6 Å². The molecule has 0 spiro atoms. The van der Waals surface area contributed by atoms with Crippen LogP contribution in [0.2, 0.25) is 5.15 Å². The van der Waals surface area contributed by atoms with Gasteiger partial charge in [-0.2, -0.15) is 0 Å². The van der Waals surface area contributed by atoms with Gasteiger partial charge in [-0.05, 0) is 25.0 Å². The second kappa shape index (κ2) is 8.13. The van der Waals surface area contributed by atoms with Crippen molar-refractivity contribution in [3.63, 3.8) is 0 Å². The molecule has 0 amide bonds. The molecular formula is C17H21ClN2O. The van der Waals surface area contributed by atoms with E-state index in [9.17, 15) is 5.11 Å². The van der Waals surface area contributed by atoms with Gasteiger partial charge < -0.3 is 5.11 Å². The van der Waals surface area contributed by atoms with Crippen LogP contribution < -0.4 is 0 Å². The molecule has 0 bridgehead atoms. The Kier molecular flexibility index (Phi) is 6.18. The highest BCUT2D eigenvalue weighted by Crippen LogP contribution is 2.14. The molecule has 21 heavy (non-hydrogen) atoms. The Morgan fingerprint density at radius 1 is 1.14 bits per heavy atom. The molecule has 0 aliphatic rings. The van der Waals surface area contributed by atoms with Crippen LogP contribution in [-0.4, -0.2) is 34.7 Å². The maximum Gasteiger partial charge on any atom is 0.133 e. The number of pyridine rings is 1. The zero-order valence-corrected chi connectivity index (χ0v) is 13.1. The highest BCUT2D eigenvalue weighted by atomic mass is 35.5. The molecule has 112 valence electrons. The second-order valence-electron chi connectivity index (χ2n) is 5.19. The fourth-order valence-corrected chi connectivity index (χ4v) is 2.41. The number of hydrogen-bond donors (Lipinski definition) is 1. The lowest BCUT2D eigenvalue weighted by molar-refractivity contribution is 0.191. The summed E-state index contributed by atoms with van der Waals surface area (Å²) in [6, 6.07) is 12.4. The average molecular weight is 305 g/mol. The van der Waals surface area contributed by atoms with E-state index in [0.717, 1.165) is 18.5 Å². The van der Waals surface area contributed by atoms with Crippen molar-refractivity contribution in [1.29, 1.82) is 0 Å². The summed E-state index contributed by atoms with van der Waals surface area (Å²) in [5, 5.41) is 9.77. The van der Waals surface area contributed by atoms with Gasteiger partial charge in [0.05, 0.1) is 6.61 Å². The van der Waals surface area contributed by atoms with Gasteiger partial charge in [0, 0.05) is 31.4 Å². The molecular weight excluding hydrogens is 284 g/mol. The Balaban J connectivity index is 1.95. The maximum absolute atomic E-state index is 9.23. The van der Waals surface area contributed by atoms with Gasteiger partial charge in [0.25, 0.3) is 0 Å². The van der Waals surface area contributed by atoms with E-state index in [0.29, 0.717) is 18.2 Å². The normalized spacial score (nSPS) is 11.0. The molecule has 0 aliphatic heterocycles. The van der Waals surface area contributed by atoms with E-state index in [1.165, 1.54) is 11.1 Å². The van der Waals surface area contributed by atoms with Crippen molar-refractivity contribution in [3.8, 4) is 0 Å². The van der Waals surface area contributed by atoms with Crippen LogP contribution in [0.5, 0.6) is 0 Å². The number of nitrogens with zero attached hydrogens (tertiary/aromatic N) is 2. The summed E-state index contributed by atoms with van der Waals surface area (Å²) >= 11 is 6.10. The van der Waals surface area contributed by atoms with Crippen molar-refractivity contribution in [1.82, 2.24) is 9.88 Å². The highest BCUT2D eigenvalue weighted by Gasteiger charge is 2.09. The number of aliphatic hydroxyl groups is 1. The Bertz CT molecular complexity index is 557. The lowest BCUT2D eigenvalue weighted by Crippen LogP contribution is -2.29. The van der Waals surface area contributed by atoms with Crippen molar-refractivity contribution in [2.75, 3.05) is 19.7 Å². The summed E-state index contributed by atoms with van der Waals surface area (Å²) in [7, 11) is 0. The Hall–Kier alpha value is -1.42. The largest absolute Gasteiger partial charge is 0.395 e. The number of benzene rings is 1. The third kappa shape index (κ3) is 5.12. The number of aromatic nitrogens is 1. The Morgan fingerprint density at radius 3 is 2.57 bits per heavy atom. The van der Waals surface area contributed by atoms with Crippen LogP contribution in [-0.2, 0) is 13.0 Å². The van der Waals surface area contributed by atoms with Crippen molar-refractivity contribution in [2.24, 2.45) is 0 Å². The van der Waals surface area contributed by atoms with Crippen molar-refractivity contribution in [3.05, 3.63) is 64.4 Å². The molecule has 0 aliphatic carbocycles. The van der Waals surface area contributed by atoms with Crippen molar-refractivity contribution in [2.45, 2.75) is 19.9 Å². The fourth-order valence-electron chi connectivity index (χ4n) is 2.23. The van der Waals surface area contributed by atoms with E-state index >= 15 is 0 Å². The van der Waals surface area contributed by atoms with Gasteiger partial charge in [-0.25, -0.2) is 4.98 Å². The molecule has 1 aromatic heterocycles. The quantitative estimate of drug-likeness (QED) is 0.799. The van der Waals surface area contributed by atoms with Crippen LogP contribution in [0.25, 0.3) is 0 Å². The van der Waals surface area contributed by atoms with Gasteiger partial charge in [-0.15, -0.1) is 0 Å². The molecule has 3 nitrogen and oxygen atoms in total. The predicted octanol–water partition coefficient (Wildman–Crippen LogP) is 3.08. The molecule has 4 heteroatoms. The number of hydrogen-bond acceptors (Lipinski definition) is 3. The van der Waals surface area contributed by atoms with Crippen LogP contribution in [0, 0.1) is 6.92 Å².